The van der Waals surface area contributed by atoms with Crippen LogP contribution in [-0.4, -0.2) is 43.6 Å². The molecule has 1 aliphatic heterocycles. The van der Waals surface area contributed by atoms with Crippen LogP contribution in [0.15, 0.2) is 52.3 Å². The Morgan fingerprint density at radius 2 is 1.71 bits per heavy atom. The lowest BCUT2D eigenvalue weighted by Crippen LogP contribution is -2.41. The van der Waals surface area contributed by atoms with Crippen LogP contribution in [0.4, 0.5) is 0 Å². The van der Waals surface area contributed by atoms with E-state index < -0.39 is 10.0 Å². The average molecular weight is 348 g/mol. The van der Waals surface area contributed by atoms with Gasteiger partial charge in [0.2, 0.25) is 10.0 Å². The number of morpholine rings is 1. The zero-order chi connectivity index (χ0) is 17.2. The lowest BCUT2D eigenvalue weighted by molar-refractivity contribution is 0.0730. The Kier molecular flexibility index (Phi) is 4.84. The molecule has 1 aromatic carbocycles. The van der Waals surface area contributed by atoms with Gasteiger partial charge in [0.25, 0.3) is 5.56 Å². The third-order valence-corrected chi connectivity index (χ3v) is 5.92. The first-order chi connectivity index (χ1) is 11.5. The molecule has 1 aromatic heterocycles. The fourth-order valence-electron chi connectivity index (χ4n) is 2.61. The number of aromatic nitrogens is 1. The predicted molar refractivity (Wildman–Crippen MR) is 90.6 cm³/mol. The summed E-state index contributed by atoms with van der Waals surface area (Å²) in [5, 5.41) is 0. The average Bonchev–Trinajstić information content (AvgIpc) is 2.59. The summed E-state index contributed by atoms with van der Waals surface area (Å²) in [5.41, 5.74) is 1.86. The maximum absolute atomic E-state index is 12.7. The third-order valence-electron chi connectivity index (χ3n) is 4.04. The van der Waals surface area contributed by atoms with Crippen LogP contribution in [0.1, 0.15) is 11.1 Å². The summed E-state index contributed by atoms with van der Waals surface area (Å²) in [6.07, 6.45) is 1.42. The number of aryl methyl sites for hydroxylation is 1. The molecule has 1 aliphatic rings. The Balaban J connectivity index is 1.90. The molecular formula is C17H20N2O4S. The van der Waals surface area contributed by atoms with Gasteiger partial charge in [-0.15, -0.1) is 0 Å². The molecule has 3 rings (SSSR count). The highest BCUT2D eigenvalue weighted by atomic mass is 32.2. The molecular weight excluding hydrogens is 328 g/mol. The van der Waals surface area contributed by atoms with Crippen LogP contribution in [-0.2, 0) is 21.3 Å². The summed E-state index contributed by atoms with van der Waals surface area (Å²) in [4.78, 5) is 12.2. The van der Waals surface area contributed by atoms with E-state index in [2.05, 4.69) is 0 Å². The molecule has 0 unspecified atom stereocenters. The van der Waals surface area contributed by atoms with Crippen LogP contribution >= 0.6 is 0 Å². The lowest BCUT2D eigenvalue weighted by atomic mass is 10.1. The van der Waals surface area contributed by atoms with Gasteiger partial charge < -0.3 is 9.30 Å². The highest BCUT2D eigenvalue weighted by molar-refractivity contribution is 7.89. The van der Waals surface area contributed by atoms with Crippen LogP contribution < -0.4 is 5.56 Å². The summed E-state index contributed by atoms with van der Waals surface area (Å²) >= 11 is 0. The van der Waals surface area contributed by atoms with E-state index in [1.165, 1.54) is 27.2 Å². The zero-order valence-electron chi connectivity index (χ0n) is 13.5. The van der Waals surface area contributed by atoms with Gasteiger partial charge in [0.1, 0.15) is 0 Å². The van der Waals surface area contributed by atoms with Gasteiger partial charge >= 0.3 is 0 Å². The van der Waals surface area contributed by atoms with Gasteiger partial charge in [-0.1, -0.05) is 29.8 Å². The second kappa shape index (κ2) is 6.88. The van der Waals surface area contributed by atoms with E-state index in [0.29, 0.717) is 32.8 Å². The van der Waals surface area contributed by atoms with E-state index in [4.69, 9.17) is 4.74 Å². The van der Waals surface area contributed by atoms with Gasteiger partial charge in [0, 0.05) is 25.4 Å². The monoisotopic (exact) mass is 348 g/mol. The molecule has 128 valence electrons. The molecule has 0 radical (unpaired) electrons. The predicted octanol–water partition coefficient (Wildman–Crippen LogP) is 1.23. The maximum atomic E-state index is 12.7. The number of hydrogen-bond donors (Lipinski definition) is 0. The van der Waals surface area contributed by atoms with Crippen molar-refractivity contribution < 1.29 is 13.2 Å². The van der Waals surface area contributed by atoms with Crippen molar-refractivity contribution in [2.45, 2.75) is 18.4 Å². The molecule has 6 nitrogen and oxygen atoms in total. The quantitative estimate of drug-likeness (QED) is 0.833. The topological polar surface area (TPSA) is 68.6 Å². The van der Waals surface area contributed by atoms with Crippen LogP contribution in [0.25, 0.3) is 0 Å². The molecule has 1 saturated heterocycles. The van der Waals surface area contributed by atoms with Crippen molar-refractivity contribution in [3.63, 3.8) is 0 Å². The second-order valence-electron chi connectivity index (χ2n) is 5.83. The standard InChI is InChI=1S/C17H20N2O4S/c1-14-2-4-15(5-3-14)12-18-13-16(6-7-17(18)20)24(21,22)19-8-10-23-11-9-19/h2-7,13H,8-12H2,1H3. The smallest absolute Gasteiger partial charge is 0.250 e. The van der Waals surface area contributed by atoms with Crippen molar-refractivity contribution in [2.24, 2.45) is 0 Å². The van der Waals surface area contributed by atoms with Crippen molar-refractivity contribution in [3.05, 3.63) is 64.1 Å². The Bertz CT molecular complexity index is 866. The first kappa shape index (κ1) is 16.9. The van der Waals surface area contributed by atoms with Crippen molar-refractivity contribution >= 4 is 10.0 Å². The van der Waals surface area contributed by atoms with Crippen molar-refractivity contribution in [1.82, 2.24) is 8.87 Å². The SMILES string of the molecule is Cc1ccc(Cn2cc(S(=O)(=O)N3CCOCC3)ccc2=O)cc1. The number of benzene rings is 1. The molecule has 0 amide bonds. The molecule has 1 fully saturated rings. The minimum atomic E-state index is -3.61. The normalized spacial score (nSPS) is 16.2. The number of hydrogen-bond acceptors (Lipinski definition) is 4. The Hall–Kier alpha value is -1.96. The van der Waals surface area contributed by atoms with Crippen molar-refractivity contribution in [1.29, 1.82) is 0 Å². The highest BCUT2D eigenvalue weighted by Gasteiger charge is 2.26. The zero-order valence-corrected chi connectivity index (χ0v) is 14.3. The van der Waals surface area contributed by atoms with E-state index >= 15 is 0 Å². The van der Waals surface area contributed by atoms with Crippen molar-refractivity contribution in [2.75, 3.05) is 26.3 Å². The largest absolute Gasteiger partial charge is 0.379 e. The van der Waals surface area contributed by atoms with Crippen LogP contribution in [0.5, 0.6) is 0 Å². The number of pyridine rings is 1. The van der Waals surface area contributed by atoms with E-state index in [1.54, 1.807) is 0 Å². The van der Waals surface area contributed by atoms with E-state index in [1.807, 2.05) is 31.2 Å². The third kappa shape index (κ3) is 3.58. The number of rotatable bonds is 4. The molecule has 2 aromatic rings. The molecule has 24 heavy (non-hydrogen) atoms. The number of ether oxygens (including phenoxy) is 1. The molecule has 0 bridgehead atoms. The molecule has 0 spiro atoms. The van der Waals surface area contributed by atoms with E-state index in [0.717, 1.165) is 11.1 Å². The van der Waals surface area contributed by atoms with Gasteiger partial charge in [0.05, 0.1) is 24.7 Å². The van der Waals surface area contributed by atoms with Gasteiger partial charge in [-0.25, -0.2) is 8.42 Å². The molecule has 2 heterocycles. The van der Waals surface area contributed by atoms with Crippen LogP contribution in [0, 0.1) is 6.92 Å². The molecule has 0 saturated carbocycles. The van der Waals surface area contributed by atoms with E-state index in [-0.39, 0.29) is 10.5 Å². The van der Waals surface area contributed by atoms with Crippen LogP contribution in [0.2, 0.25) is 0 Å². The highest BCUT2D eigenvalue weighted by Crippen LogP contribution is 2.16. The minimum absolute atomic E-state index is 0.135. The Labute approximate surface area is 141 Å². The summed E-state index contributed by atoms with van der Waals surface area (Å²) in [5.74, 6) is 0. The first-order valence-corrected chi connectivity index (χ1v) is 9.25. The maximum Gasteiger partial charge on any atom is 0.250 e. The van der Waals surface area contributed by atoms with Gasteiger partial charge in [-0.3, -0.25) is 4.79 Å². The fraction of sp³-hybridized carbons (Fsp3) is 0.353. The molecule has 0 atom stereocenters. The van der Waals surface area contributed by atoms with Crippen molar-refractivity contribution in [3.8, 4) is 0 Å². The first-order valence-electron chi connectivity index (χ1n) is 7.81. The minimum Gasteiger partial charge on any atom is -0.379 e. The Morgan fingerprint density at radius 3 is 2.38 bits per heavy atom. The van der Waals surface area contributed by atoms with Crippen LogP contribution in [0.3, 0.4) is 0 Å². The van der Waals surface area contributed by atoms with Gasteiger partial charge in [0.15, 0.2) is 0 Å². The molecule has 0 aliphatic carbocycles. The fourth-order valence-corrected chi connectivity index (χ4v) is 4.04. The van der Waals surface area contributed by atoms with E-state index in [9.17, 15) is 13.2 Å². The molecule has 0 N–H and O–H groups in total. The number of sulfonamides is 1. The summed E-state index contributed by atoms with van der Waals surface area (Å²) in [6.45, 7) is 3.78. The van der Waals surface area contributed by atoms with Gasteiger partial charge in [-0.05, 0) is 18.6 Å². The summed E-state index contributed by atoms with van der Waals surface area (Å²) < 4.78 is 33.4. The lowest BCUT2D eigenvalue weighted by Gasteiger charge is -2.26. The van der Waals surface area contributed by atoms with Gasteiger partial charge in [-0.2, -0.15) is 4.31 Å². The summed E-state index contributed by atoms with van der Waals surface area (Å²) in [7, 11) is -3.61. The Morgan fingerprint density at radius 1 is 1.04 bits per heavy atom. The summed E-state index contributed by atoms with van der Waals surface area (Å²) in [6, 6.07) is 10.5. The molecule has 7 heteroatoms. The number of nitrogens with zero attached hydrogens (tertiary/aromatic N) is 2. The second-order valence-corrected chi connectivity index (χ2v) is 7.77.